The summed E-state index contributed by atoms with van der Waals surface area (Å²) in [4.78, 5) is 13.0. The lowest BCUT2D eigenvalue weighted by Gasteiger charge is -2.17. The third-order valence-electron chi connectivity index (χ3n) is 2.60. The smallest absolute Gasteiger partial charge is 0.237 e. The van der Waals surface area contributed by atoms with Gasteiger partial charge in [0.1, 0.15) is 0 Å². The van der Waals surface area contributed by atoms with Crippen LogP contribution in [0.4, 0.5) is 0 Å². The second kappa shape index (κ2) is 7.13. The summed E-state index contributed by atoms with van der Waals surface area (Å²) in [6.45, 7) is 6.69. The van der Waals surface area contributed by atoms with Crippen LogP contribution in [0.25, 0.3) is 0 Å². The first-order chi connectivity index (χ1) is 8.02. The number of nitrogens with one attached hydrogen (secondary N) is 2. The summed E-state index contributed by atoms with van der Waals surface area (Å²) in [6, 6.07) is 2.14. The topological polar surface area (TPSA) is 41.1 Å². The normalized spacial score (nSPS) is 14.4. The van der Waals surface area contributed by atoms with Crippen molar-refractivity contribution in [3.63, 3.8) is 0 Å². The van der Waals surface area contributed by atoms with Gasteiger partial charge in [0.05, 0.1) is 6.04 Å². The molecule has 0 aliphatic heterocycles. The molecule has 1 amide bonds. The van der Waals surface area contributed by atoms with Crippen LogP contribution in [0.15, 0.2) is 15.9 Å². The van der Waals surface area contributed by atoms with Crippen LogP contribution in [0.5, 0.6) is 0 Å². The van der Waals surface area contributed by atoms with Gasteiger partial charge >= 0.3 is 0 Å². The van der Waals surface area contributed by atoms with Crippen molar-refractivity contribution in [1.82, 2.24) is 10.6 Å². The fourth-order valence-electron chi connectivity index (χ4n) is 1.26. The van der Waals surface area contributed by atoms with Gasteiger partial charge < -0.3 is 10.6 Å². The van der Waals surface area contributed by atoms with E-state index in [9.17, 15) is 4.79 Å². The van der Waals surface area contributed by atoms with Crippen LogP contribution in [0.3, 0.4) is 0 Å². The van der Waals surface area contributed by atoms with Crippen molar-refractivity contribution < 1.29 is 4.79 Å². The third kappa shape index (κ3) is 5.19. The van der Waals surface area contributed by atoms with Gasteiger partial charge in [-0.25, -0.2) is 0 Å². The van der Waals surface area contributed by atoms with Gasteiger partial charge in [0.2, 0.25) is 5.91 Å². The molecule has 17 heavy (non-hydrogen) atoms. The second-order valence-corrected chi connectivity index (χ2v) is 6.06. The van der Waals surface area contributed by atoms with E-state index in [-0.39, 0.29) is 18.0 Å². The van der Waals surface area contributed by atoms with Crippen LogP contribution in [-0.2, 0) is 11.3 Å². The number of amides is 1. The molecule has 96 valence electrons. The fraction of sp³-hybridized carbons (Fsp3) is 0.583. The Hall–Kier alpha value is -0.390. The predicted octanol–water partition coefficient (Wildman–Crippen LogP) is 2.90. The summed E-state index contributed by atoms with van der Waals surface area (Å²) in [5.41, 5.74) is 0. The highest BCUT2D eigenvalue weighted by Gasteiger charge is 2.13. The second-order valence-electron chi connectivity index (χ2n) is 4.15. The number of hydrogen-bond acceptors (Lipinski definition) is 3. The van der Waals surface area contributed by atoms with E-state index in [0.717, 1.165) is 17.4 Å². The molecule has 0 saturated carbocycles. The Kier molecular flexibility index (Phi) is 6.16. The van der Waals surface area contributed by atoms with E-state index in [1.54, 1.807) is 11.3 Å². The molecule has 0 aromatic carbocycles. The Labute approximate surface area is 115 Å². The Morgan fingerprint density at radius 1 is 1.53 bits per heavy atom. The molecule has 0 fully saturated rings. The molecule has 2 atom stereocenters. The maximum absolute atomic E-state index is 11.8. The van der Waals surface area contributed by atoms with Gasteiger partial charge in [-0.1, -0.05) is 6.92 Å². The van der Waals surface area contributed by atoms with Gasteiger partial charge in [-0.15, -0.1) is 11.3 Å². The Morgan fingerprint density at radius 2 is 2.24 bits per heavy atom. The molecule has 0 radical (unpaired) electrons. The van der Waals surface area contributed by atoms with Crippen LogP contribution in [0.1, 0.15) is 32.1 Å². The zero-order chi connectivity index (χ0) is 12.8. The molecule has 0 aliphatic rings. The van der Waals surface area contributed by atoms with E-state index in [4.69, 9.17) is 0 Å². The highest BCUT2D eigenvalue weighted by molar-refractivity contribution is 9.10. The number of thiophene rings is 1. The van der Waals surface area contributed by atoms with Crippen molar-refractivity contribution in [3.8, 4) is 0 Å². The zero-order valence-corrected chi connectivity index (χ0v) is 12.8. The minimum Gasteiger partial charge on any atom is -0.352 e. The summed E-state index contributed by atoms with van der Waals surface area (Å²) >= 11 is 5.09. The minimum absolute atomic E-state index is 0.0648. The van der Waals surface area contributed by atoms with Crippen molar-refractivity contribution in [2.45, 2.75) is 45.8 Å². The number of carbonyl (C=O) groups is 1. The lowest BCUT2D eigenvalue weighted by molar-refractivity contribution is -0.123. The quantitative estimate of drug-likeness (QED) is 0.846. The van der Waals surface area contributed by atoms with E-state index in [1.165, 1.54) is 4.88 Å². The minimum atomic E-state index is -0.162. The first-order valence-corrected chi connectivity index (χ1v) is 7.46. The SMILES string of the molecule is CCC(C)NC(=O)C(C)NCc1cc(Br)cs1. The highest BCUT2D eigenvalue weighted by Crippen LogP contribution is 2.19. The Balaban J connectivity index is 2.33. The van der Waals surface area contributed by atoms with Crippen LogP contribution < -0.4 is 10.6 Å². The predicted molar refractivity (Wildman–Crippen MR) is 76.2 cm³/mol. The van der Waals surface area contributed by atoms with Crippen LogP contribution in [0, 0.1) is 0 Å². The molecule has 0 bridgehead atoms. The summed E-state index contributed by atoms with van der Waals surface area (Å²) in [6.07, 6.45) is 0.955. The summed E-state index contributed by atoms with van der Waals surface area (Å²) in [7, 11) is 0. The Bertz CT molecular complexity index is 367. The summed E-state index contributed by atoms with van der Waals surface area (Å²) < 4.78 is 1.09. The molecule has 2 N–H and O–H groups in total. The van der Waals surface area contributed by atoms with E-state index < -0.39 is 0 Å². The third-order valence-corrected chi connectivity index (χ3v) is 4.30. The molecule has 3 nitrogen and oxygen atoms in total. The van der Waals surface area contributed by atoms with E-state index in [2.05, 4.69) is 39.6 Å². The van der Waals surface area contributed by atoms with Crippen molar-refractivity contribution in [2.75, 3.05) is 0 Å². The average molecular weight is 319 g/mol. The monoisotopic (exact) mass is 318 g/mol. The van der Waals surface area contributed by atoms with Crippen LogP contribution in [-0.4, -0.2) is 18.0 Å². The average Bonchev–Trinajstić information content (AvgIpc) is 2.71. The number of rotatable bonds is 6. The first-order valence-electron chi connectivity index (χ1n) is 5.79. The zero-order valence-electron chi connectivity index (χ0n) is 10.4. The highest BCUT2D eigenvalue weighted by atomic mass is 79.9. The summed E-state index contributed by atoms with van der Waals surface area (Å²) in [5.74, 6) is 0.0648. The van der Waals surface area contributed by atoms with E-state index in [0.29, 0.717) is 0 Å². The fourth-order valence-corrected chi connectivity index (χ4v) is 2.66. The largest absolute Gasteiger partial charge is 0.352 e. The van der Waals surface area contributed by atoms with Crippen LogP contribution >= 0.6 is 27.3 Å². The molecule has 1 heterocycles. The van der Waals surface area contributed by atoms with Gasteiger partial charge in [0.25, 0.3) is 0 Å². The summed E-state index contributed by atoms with van der Waals surface area (Å²) in [5, 5.41) is 8.23. The molecular formula is C12H19BrN2OS. The van der Waals surface area contributed by atoms with Crippen LogP contribution in [0.2, 0.25) is 0 Å². The maximum atomic E-state index is 11.8. The maximum Gasteiger partial charge on any atom is 0.237 e. The van der Waals surface area contributed by atoms with Gasteiger partial charge in [0, 0.05) is 27.3 Å². The Morgan fingerprint density at radius 3 is 2.76 bits per heavy atom. The van der Waals surface area contributed by atoms with E-state index in [1.807, 2.05) is 19.2 Å². The van der Waals surface area contributed by atoms with Gasteiger partial charge in [-0.05, 0) is 42.3 Å². The molecule has 1 aromatic rings. The van der Waals surface area contributed by atoms with Crippen molar-refractivity contribution in [2.24, 2.45) is 0 Å². The van der Waals surface area contributed by atoms with Crippen molar-refractivity contribution in [3.05, 3.63) is 20.8 Å². The standard InChI is InChI=1S/C12H19BrN2OS/c1-4-8(2)15-12(16)9(3)14-6-11-5-10(13)7-17-11/h5,7-9,14H,4,6H2,1-3H3,(H,15,16). The molecule has 0 saturated heterocycles. The molecular weight excluding hydrogens is 300 g/mol. The molecule has 5 heteroatoms. The molecule has 2 unspecified atom stereocenters. The molecule has 1 rings (SSSR count). The van der Waals surface area contributed by atoms with Gasteiger partial charge in [-0.3, -0.25) is 4.79 Å². The first kappa shape index (κ1) is 14.7. The molecule has 0 spiro atoms. The lowest BCUT2D eigenvalue weighted by Crippen LogP contribution is -2.44. The van der Waals surface area contributed by atoms with Crippen molar-refractivity contribution >= 4 is 33.2 Å². The number of halogens is 1. The van der Waals surface area contributed by atoms with Crippen molar-refractivity contribution in [1.29, 1.82) is 0 Å². The molecule has 1 aromatic heterocycles. The number of hydrogen-bond donors (Lipinski definition) is 2. The van der Waals surface area contributed by atoms with E-state index >= 15 is 0 Å². The van der Waals surface area contributed by atoms with Gasteiger partial charge in [-0.2, -0.15) is 0 Å². The van der Waals surface area contributed by atoms with Gasteiger partial charge in [0.15, 0.2) is 0 Å². The lowest BCUT2D eigenvalue weighted by atomic mass is 10.2. The molecule has 0 aliphatic carbocycles. The number of carbonyl (C=O) groups excluding carboxylic acids is 1.